The van der Waals surface area contributed by atoms with Gasteiger partial charge in [-0.15, -0.1) is 0 Å². The number of ketones is 1. The largest absolute Gasteiger partial charge is 0.466 e. The van der Waals surface area contributed by atoms with E-state index in [1.165, 1.54) is 26.2 Å². The molecule has 0 aromatic heterocycles. The topological polar surface area (TPSA) is 69.7 Å². The summed E-state index contributed by atoms with van der Waals surface area (Å²) in [4.78, 5) is 35.2. The number of esters is 2. The van der Waals surface area contributed by atoms with E-state index >= 15 is 0 Å². The molecule has 0 saturated carbocycles. The second kappa shape index (κ2) is 16.6. The molecule has 0 aliphatic rings. The normalized spacial score (nSPS) is 10.6. The van der Waals surface area contributed by atoms with Crippen molar-refractivity contribution in [3.8, 4) is 5.75 Å². The van der Waals surface area contributed by atoms with Gasteiger partial charge in [0, 0.05) is 12.8 Å². The molecule has 0 amide bonds. The molecule has 1 rings (SSSR count). The van der Waals surface area contributed by atoms with Crippen LogP contribution in [0.3, 0.4) is 0 Å². The fourth-order valence-electron chi connectivity index (χ4n) is 3.23. The van der Waals surface area contributed by atoms with Gasteiger partial charge in [0.1, 0.15) is 5.75 Å². The van der Waals surface area contributed by atoms with Crippen LogP contribution in [-0.4, -0.2) is 24.3 Å². The van der Waals surface area contributed by atoms with Crippen LogP contribution in [0, 0.1) is 0 Å². The van der Waals surface area contributed by atoms with Crippen LogP contribution in [0.1, 0.15) is 108 Å². The lowest BCUT2D eigenvalue weighted by atomic mass is 10.1. The molecule has 0 saturated heterocycles. The first-order chi connectivity index (χ1) is 14.5. The molecule has 0 N–H and O–H groups in total. The first kappa shape index (κ1) is 25.9. The second-order valence-electron chi connectivity index (χ2n) is 7.78. The second-order valence-corrected chi connectivity index (χ2v) is 7.78. The van der Waals surface area contributed by atoms with Crippen LogP contribution in [0.4, 0.5) is 0 Å². The maximum Gasteiger partial charge on any atom is 0.311 e. The number of hydrogen-bond donors (Lipinski definition) is 0. The number of hydrogen-bond acceptors (Lipinski definition) is 5. The maximum atomic E-state index is 12.0. The third-order valence-electron chi connectivity index (χ3n) is 5.01. The van der Waals surface area contributed by atoms with Gasteiger partial charge in [0.2, 0.25) is 0 Å². The molecule has 0 radical (unpaired) electrons. The Balaban J connectivity index is 1.99. The number of unbranched alkanes of at least 4 members (excludes halogenated alkanes) is 9. The SMILES string of the molecule is CCCCCCCOC(=O)CCCCCCCCC(=O)Oc1ccccc1C(C)=O. The van der Waals surface area contributed by atoms with Gasteiger partial charge in [-0.3, -0.25) is 14.4 Å². The highest BCUT2D eigenvalue weighted by Gasteiger charge is 2.11. The van der Waals surface area contributed by atoms with E-state index in [-0.39, 0.29) is 17.7 Å². The zero-order valence-electron chi connectivity index (χ0n) is 18.8. The predicted octanol–water partition coefficient (Wildman–Crippen LogP) is 6.43. The van der Waals surface area contributed by atoms with Crippen molar-refractivity contribution in [3.63, 3.8) is 0 Å². The van der Waals surface area contributed by atoms with Gasteiger partial charge >= 0.3 is 11.9 Å². The summed E-state index contributed by atoms with van der Waals surface area (Å²) >= 11 is 0. The summed E-state index contributed by atoms with van der Waals surface area (Å²) in [6, 6.07) is 6.81. The quantitative estimate of drug-likeness (QED) is 0.126. The molecule has 5 heteroatoms. The Morgan fingerprint density at radius 3 is 1.97 bits per heavy atom. The van der Waals surface area contributed by atoms with Gasteiger partial charge in [0.05, 0.1) is 12.2 Å². The van der Waals surface area contributed by atoms with Crippen LogP contribution in [0.5, 0.6) is 5.75 Å². The fraction of sp³-hybridized carbons (Fsp3) is 0.640. The van der Waals surface area contributed by atoms with Crippen molar-refractivity contribution in [1.29, 1.82) is 0 Å². The number of carbonyl (C=O) groups is 3. The molecule has 30 heavy (non-hydrogen) atoms. The maximum absolute atomic E-state index is 12.0. The summed E-state index contributed by atoms with van der Waals surface area (Å²) in [5, 5.41) is 0. The van der Waals surface area contributed by atoms with Crippen LogP contribution < -0.4 is 4.74 Å². The third-order valence-corrected chi connectivity index (χ3v) is 5.01. The average molecular weight is 419 g/mol. The number of benzene rings is 1. The first-order valence-electron chi connectivity index (χ1n) is 11.5. The van der Waals surface area contributed by atoms with Crippen LogP contribution >= 0.6 is 0 Å². The summed E-state index contributed by atoms with van der Waals surface area (Å²) in [5.74, 6) is -0.169. The van der Waals surface area contributed by atoms with E-state index in [4.69, 9.17) is 9.47 Å². The first-order valence-corrected chi connectivity index (χ1v) is 11.5. The Morgan fingerprint density at radius 2 is 1.30 bits per heavy atom. The van der Waals surface area contributed by atoms with Crippen molar-refractivity contribution in [3.05, 3.63) is 29.8 Å². The molecule has 168 valence electrons. The van der Waals surface area contributed by atoms with Gasteiger partial charge in [-0.1, -0.05) is 70.4 Å². The molecule has 0 bridgehead atoms. The highest BCUT2D eigenvalue weighted by Crippen LogP contribution is 2.19. The lowest BCUT2D eigenvalue weighted by molar-refractivity contribution is -0.144. The van der Waals surface area contributed by atoms with Crippen LogP contribution in [0.15, 0.2) is 24.3 Å². The van der Waals surface area contributed by atoms with E-state index in [0.29, 0.717) is 30.8 Å². The molecule has 5 nitrogen and oxygen atoms in total. The minimum absolute atomic E-state index is 0.0842. The Labute approximate surface area is 181 Å². The van der Waals surface area contributed by atoms with Crippen LogP contribution in [0.25, 0.3) is 0 Å². The van der Waals surface area contributed by atoms with Gasteiger partial charge in [-0.25, -0.2) is 0 Å². The van der Waals surface area contributed by atoms with Crippen molar-refractivity contribution in [2.75, 3.05) is 6.61 Å². The molecular weight excluding hydrogens is 380 g/mol. The van der Waals surface area contributed by atoms with Crippen molar-refractivity contribution in [2.45, 2.75) is 97.3 Å². The van der Waals surface area contributed by atoms with Crippen molar-refractivity contribution in [2.24, 2.45) is 0 Å². The van der Waals surface area contributed by atoms with Crippen LogP contribution in [-0.2, 0) is 14.3 Å². The molecular formula is C25H38O5. The van der Waals surface area contributed by atoms with Crippen LogP contribution in [0.2, 0.25) is 0 Å². The lowest BCUT2D eigenvalue weighted by Crippen LogP contribution is -2.10. The van der Waals surface area contributed by atoms with E-state index in [0.717, 1.165) is 51.4 Å². The third kappa shape index (κ3) is 12.4. The molecule has 0 aliphatic carbocycles. The predicted molar refractivity (Wildman–Crippen MR) is 119 cm³/mol. The number of ether oxygens (including phenoxy) is 2. The van der Waals surface area contributed by atoms with Gasteiger partial charge in [-0.05, 0) is 38.3 Å². The number of Topliss-reactive ketones (excluding diaryl/α,β-unsaturated/α-hetero) is 1. The smallest absolute Gasteiger partial charge is 0.311 e. The fourth-order valence-corrected chi connectivity index (χ4v) is 3.23. The van der Waals surface area contributed by atoms with E-state index in [9.17, 15) is 14.4 Å². The van der Waals surface area contributed by atoms with Crippen molar-refractivity contribution in [1.82, 2.24) is 0 Å². The van der Waals surface area contributed by atoms with E-state index in [2.05, 4.69) is 6.92 Å². The number of rotatable bonds is 17. The van der Waals surface area contributed by atoms with Crippen molar-refractivity contribution >= 4 is 17.7 Å². The van der Waals surface area contributed by atoms with E-state index in [1.807, 2.05) is 0 Å². The molecule has 0 spiro atoms. The summed E-state index contributed by atoms with van der Waals surface area (Å²) in [5.41, 5.74) is 0.431. The zero-order chi connectivity index (χ0) is 22.0. The molecule has 1 aromatic carbocycles. The standard InChI is InChI=1S/C25H38O5/c1-3-4-5-10-15-20-29-24(27)18-11-8-6-7-9-12-19-25(28)30-23-17-14-13-16-22(23)21(2)26/h13-14,16-17H,3-12,15,18-20H2,1-2H3. The van der Waals surface area contributed by atoms with E-state index < -0.39 is 0 Å². The Kier molecular flexibility index (Phi) is 14.3. The monoisotopic (exact) mass is 418 g/mol. The summed E-state index contributed by atoms with van der Waals surface area (Å²) in [6.45, 7) is 4.20. The summed E-state index contributed by atoms with van der Waals surface area (Å²) in [7, 11) is 0. The molecule has 0 fully saturated rings. The highest BCUT2D eigenvalue weighted by atomic mass is 16.5. The van der Waals surface area contributed by atoms with Gasteiger partial charge in [0.15, 0.2) is 5.78 Å². The zero-order valence-corrected chi connectivity index (χ0v) is 18.8. The lowest BCUT2D eigenvalue weighted by Gasteiger charge is -2.08. The Hall–Kier alpha value is -2.17. The molecule has 0 aliphatic heterocycles. The molecule has 0 atom stereocenters. The highest BCUT2D eigenvalue weighted by molar-refractivity contribution is 5.97. The minimum atomic E-state index is -0.305. The number of para-hydroxylation sites is 1. The Morgan fingerprint density at radius 1 is 0.733 bits per heavy atom. The molecule has 0 unspecified atom stereocenters. The number of carbonyl (C=O) groups excluding carboxylic acids is 3. The average Bonchev–Trinajstić information content (AvgIpc) is 2.72. The van der Waals surface area contributed by atoms with Gasteiger partial charge in [-0.2, -0.15) is 0 Å². The molecule has 0 heterocycles. The Bertz CT molecular complexity index is 638. The summed E-state index contributed by atoms with van der Waals surface area (Å²) in [6.07, 6.45) is 12.3. The summed E-state index contributed by atoms with van der Waals surface area (Å²) < 4.78 is 10.6. The molecule has 1 aromatic rings. The van der Waals surface area contributed by atoms with Gasteiger partial charge in [0.25, 0.3) is 0 Å². The van der Waals surface area contributed by atoms with Gasteiger partial charge < -0.3 is 9.47 Å². The van der Waals surface area contributed by atoms with Crippen molar-refractivity contribution < 1.29 is 23.9 Å². The minimum Gasteiger partial charge on any atom is -0.466 e. The van der Waals surface area contributed by atoms with E-state index in [1.54, 1.807) is 24.3 Å².